The first-order valence-electron chi connectivity index (χ1n) is 8.10. The number of rotatable bonds is 8. The van der Waals surface area contributed by atoms with Gasteiger partial charge in [-0.15, -0.1) is 0 Å². The maximum Gasteiger partial charge on any atom is 0.255 e. The lowest BCUT2D eigenvalue weighted by Crippen LogP contribution is -2.33. The molecule has 0 aliphatic rings. The van der Waals surface area contributed by atoms with Crippen molar-refractivity contribution >= 4 is 17.7 Å². The summed E-state index contributed by atoms with van der Waals surface area (Å²) in [5.74, 6) is -0.302. The van der Waals surface area contributed by atoms with Gasteiger partial charge in [-0.2, -0.15) is 0 Å². The zero-order valence-electron chi connectivity index (χ0n) is 15.1. The molecule has 0 unspecified atom stereocenters. The number of carbonyl (C=O) groups excluding carboxylic acids is 3. The molecule has 8 heteroatoms. The highest BCUT2D eigenvalue weighted by Gasteiger charge is 2.13. The fourth-order valence-electron chi connectivity index (χ4n) is 2.31. The van der Waals surface area contributed by atoms with Crippen molar-refractivity contribution in [1.82, 2.24) is 10.6 Å². The molecule has 0 aromatic heterocycles. The number of carbonyl (C=O) groups is 3. The van der Waals surface area contributed by atoms with Gasteiger partial charge >= 0.3 is 0 Å². The summed E-state index contributed by atoms with van der Waals surface area (Å²) in [6.45, 7) is 0.0531. The average Bonchev–Trinajstić information content (AvgIpc) is 2.69. The highest BCUT2D eigenvalue weighted by atomic mass is 16.5. The van der Waals surface area contributed by atoms with Crippen molar-refractivity contribution in [3.05, 3.63) is 59.2 Å². The van der Waals surface area contributed by atoms with E-state index in [9.17, 15) is 14.4 Å². The van der Waals surface area contributed by atoms with E-state index in [2.05, 4.69) is 10.6 Å². The molecule has 0 atom stereocenters. The maximum absolute atomic E-state index is 12.4. The van der Waals surface area contributed by atoms with Crippen molar-refractivity contribution in [2.45, 2.75) is 6.54 Å². The molecular weight excluding hydrogens is 350 g/mol. The van der Waals surface area contributed by atoms with Gasteiger partial charge in [0.05, 0.1) is 26.3 Å². The Morgan fingerprint density at radius 2 is 1.63 bits per heavy atom. The van der Waals surface area contributed by atoms with Gasteiger partial charge in [0.1, 0.15) is 11.5 Å². The molecule has 142 valence electrons. The van der Waals surface area contributed by atoms with Gasteiger partial charge in [-0.25, -0.2) is 0 Å². The van der Waals surface area contributed by atoms with E-state index in [0.717, 1.165) is 5.56 Å². The first-order valence-corrected chi connectivity index (χ1v) is 8.10. The summed E-state index contributed by atoms with van der Waals surface area (Å²) < 4.78 is 10.3. The zero-order chi connectivity index (χ0) is 19.8. The normalized spacial score (nSPS) is 10.0. The average molecular weight is 371 g/mol. The summed E-state index contributed by atoms with van der Waals surface area (Å²) in [4.78, 5) is 34.9. The van der Waals surface area contributed by atoms with Gasteiger partial charge in [0.2, 0.25) is 5.91 Å². The van der Waals surface area contributed by atoms with Crippen LogP contribution in [0.2, 0.25) is 0 Å². The van der Waals surface area contributed by atoms with Crippen LogP contribution in [0.4, 0.5) is 0 Å². The lowest BCUT2D eigenvalue weighted by atomic mass is 10.1. The van der Waals surface area contributed by atoms with Crippen molar-refractivity contribution in [1.29, 1.82) is 0 Å². The number of hydrogen-bond acceptors (Lipinski definition) is 5. The Morgan fingerprint density at radius 3 is 2.22 bits per heavy atom. The minimum atomic E-state index is -0.614. The molecule has 0 aliphatic carbocycles. The van der Waals surface area contributed by atoms with E-state index in [1.54, 1.807) is 42.5 Å². The Labute approximate surface area is 156 Å². The number of nitrogens with two attached hydrogens (primary N) is 1. The van der Waals surface area contributed by atoms with Gasteiger partial charge in [-0.3, -0.25) is 14.4 Å². The first-order chi connectivity index (χ1) is 12.9. The van der Waals surface area contributed by atoms with E-state index < -0.39 is 11.8 Å². The van der Waals surface area contributed by atoms with Crippen molar-refractivity contribution in [3.8, 4) is 11.5 Å². The molecule has 8 nitrogen and oxygen atoms in total. The molecule has 0 heterocycles. The second-order valence-corrected chi connectivity index (χ2v) is 5.59. The Morgan fingerprint density at radius 1 is 0.926 bits per heavy atom. The topological polar surface area (TPSA) is 120 Å². The van der Waals surface area contributed by atoms with Crippen LogP contribution >= 0.6 is 0 Å². The van der Waals surface area contributed by atoms with Crippen LogP contribution in [0.5, 0.6) is 11.5 Å². The minimum Gasteiger partial charge on any atom is -0.497 e. The van der Waals surface area contributed by atoms with Crippen LogP contribution in [0.3, 0.4) is 0 Å². The second-order valence-electron chi connectivity index (χ2n) is 5.59. The summed E-state index contributed by atoms with van der Waals surface area (Å²) in [5, 5.41) is 5.20. The van der Waals surface area contributed by atoms with E-state index in [0.29, 0.717) is 22.6 Å². The van der Waals surface area contributed by atoms with Gasteiger partial charge in [-0.1, -0.05) is 12.1 Å². The molecule has 0 saturated carbocycles. The summed E-state index contributed by atoms with van der Waals surface area (Å²) in [5.41, 5.74) is 6.57. The molecule has 2 rings (SSSR count). The van der Waals surface area contributed by atoms with Gasteiger partial charge in [-0.05, 0) is 29.8 Å². The maximum atomic E-state index is 12.4. The summed E-state index contributed by atoms with van der Waals surface area (Å²) in [7, 11) is 3.01. The summed E-state index contributed by atoms with van der Waals surface area (Å²) >= 11 is 0. The van der Waals surface area contributed by atoms with E-state index in [-0.39, 0.29) is 19.0 Å². The van der Waals surface area contributed by atoms with Gasteiger partial charge in [0.15, 0.2) is 0 Å². The van der Waals surface area contributed by atoms with Crippen molar-refractivity contribution in [2.24, 2.45) is 5.73 Å². The Balaban J connectivity index is 1.97. The smallest absolute Gasteiger partial charge is 0.255 e. The highest BCUT2D eigenvalue weighted by Crippen LogP contribution is 2.24. The molecule has 0 spiro atoms. The SMILES string of the molecule is COc1ccc(C(=O)NCc2ccc(C(=O)NCC(N)=O)cc2)c(OC)c1. The standard InChI is InChI=1S/C19H21N3O5/c1-26-14-7-8-15(16(9-14)27-2)19(25)21-10-12-3-5-13(6-4-12)18(24)22-11-17(20)23/h3-9H,10-11H2,1-2H3,(H2,20,23)(H,21,25)(H,22,24). The minimum absolute atomic E-state index is 0.222. The lowest BCUT2D eigenvalue weighted by molar-refractivity contribution is -0.117. The predicted molar refractivity (Wildman–Crippen MR) is 98.7 cm³/mol. The third-order valence-electron chi connectivity index (χ3n) is 3.75. The predicted octanol–water partition coefficient (Wildman–Crippen LogP) is 0.849. The molecule has 2 aromatic carbocycles. The number of ether oxygens (including phenoxy) is 2. The van der Waals surface area contributed by atoms with E-state index >= 15 is 0 Å². The molecule has 3 amide bonds. The Hall–Kier alpha value is -3.55. The molecule has 4 N–H and O–H groups in total. The molecule has 0 bridgehead atoms. The number of methoxy groups -OCH3 is 2. The van der Waals surface area contributed by atoms with Crippen LogP contribution in [0, 0.1) is 0 Å². The first kappa shape index (κ1) is 19.8. The van der Waals surface area contributed by atoms with Crippen LogP contribution in [0.15, 0.2) is 42.5 Å². The third-order valence-corrected chi connectivity index (χ3v) is 3.75. The van der Waals surface area contributed by atoms with Gasteiger partial charge in [0, 0.05) is 18.2 Å². The van der Waals surface area contributed by atoms with Crippen LogP contribution in [0.1, 0.15) is 26.3 Å². The third kappa shape index (κ3) is 5.46. The van der Waals surface area contributed by atoms with E-state index in [1.165, 1.54) is 14.2 Å². The molecule has 0 saturated heterocycles. The quantitative estimate of drug-likeness (QED) is 0.635. The number of hydrogen-bond donors (Lipinski definition) is 3. The monoisotopic (exact) mass is 371 g/mol. The molecule has 0 fully saturated rings. The fraction of sp³-hybridized carbons (Fsp3) is 0.211. The molecule has 0 radical (unpaired) electrons. The molecule has 0 aliphatic heterocycles. The Kier molecular flexibility index (Phi) is 6.76. The largest absolute Gasteiger partial charge is 0.497 e. The molecule has 2 aromatic rings. The molecular formula is C19H21N3O5. The Bertz CT molecular complexity index is 834. The van der Waals surface area contributed by atoms with Gasteiger partial charge < -0.3 is 25.8 Å². The number of nitrogens with one attached hydrogen (secondary N) is 2. The molecule has 27 heavy (non-hydrogen) atoms. The lowest BCUT2D eigenvalue weighted by Gasteiger charge is -2.11. The van der Waals surface area contributed by atoms with Crippen LogP contribution in [0.25, 0.3) is 0 Å². The summed E-state index contributed by atoms with van der Waals surface area (Å²) in [6, 6.07) is 11.6. The van der Waals surface area contributed by atoms with Crippen molar-refractivity contribution in [3.63, 3.8) is 0 Å². The van der Waals surface area contributed by atoms with Crippen LogP contribution in [-0.4, -0.2) is 38.5 Å². The number of amides is 3. The second kappa shape index (κ2) is 9.23. The van der Waals surface area contributed by atoms with E-state index in [4.69, 9.17) is 15.2 Å². The number of benzene rings is 2. The fourth-order valence-corrected chi connectivity index (χ4v) is 2.31. The van der Waals surface area contributed by atoms with Crippen LogP contribution < -0.4 is 25.8 Å². The number of primary amides is 1. The van der Waals surface area contributed by atoms with Crippen LogP contribution in [-0.2, 0) is 11.3 Å². The van der Waals surface area contributed by atoms with Crippen molar-refractivity contribution in [2.75, 3.05) is 20.8 Å². The zero-order valence-corrected chi connectivity index (χ0v) is 15.1. The van der Waals surface area contributed by atoms with Crippen molar-refractivity contribution < 1.29 is 23.9 Å². The summed E-state index contributed by atoms with van der Waals surface area (Å²) in [6.07, 6.45) is 0. The van der Waals surface area contributed by atoms with Gasteiger partial charge in [0.25, 0.3) is 11.8 Å². The highest BCUT2D eigenvalue weighted by molar-refractivity contribution is 5.97. The van der Waals surface area contributed by atoms with E-state index in [1.807, 2.05) is 0 Å².